The van der Waals surface area contributed by atoms with Crippen molar-refractivity contribution in [1.82, 2.24) is 9.80 Å². The van der Waals surface area contributed by atoms with Gasteiger partial charge in [-0.2, -0.15) is 0 Å². The molecule has 0 N–H and O–H groups in total. The highest BCUT2D eigenvalue weighted by molar-refractivity contribution is 7.12. The Balaban J connectivity index is 1.77. The van der Waals surface area contributed by atoms with Gasteiger partial charge in [0.1, 0.15) is 5.84 Å². The van der Waals surface area contributed by atoms with Crippen LogP contribution in [0, 0.1) is 6.92 Å². The van der Waals surface area contributed by atoms with Crippen molar-refractivity contribution >= 4 is 17.2 Å². The van der Waals surface area contributed by atoms with Crippen molar-refractivity contribution in [2.75, 3.05) is 33.2 Å². The molecule has 0 radical (unpaired) electrons. The Morgan fingerprint density at radius 3 is 2.82 bits per heavy atom. The van der Waals surface area contributed by atoms with Crippen LogP contribution in [0.1, 0.15) is 28.2 Å². The third kappa shape index (κ3) is 2.55. The second-order valence-corrected chi connectivity index (χ2v) is 7.85. The van der Waals surface area contributed by atoms with Gasteiger partial charge in [-0.15, -0.1) is 11.3 Å². The summed E-state index contributed by atoms with van der Waals surface area (Å²) in [6.07, 6.45) is 7.88. The van der Waals surface area contributed by atoms with Crippen molar-refractivity contribution in [2.45, 2.75) is 26.2 Å². The van der Waals surface area contributed by atoms with Gasteiger partial charge in [-0.05, 0) is 38.5 Å². The Morgan fingerprint density at radius 2 is 2.00 bits per heavy atom. The molecule has 22 heavy (non-hydrogen) atoms. The summed E-state index contributed by atoms with van der Waals surface area (Å²) in [6, 6.07) is 2.35. The van der Waals surface area contributed by atoms with E-state index in [2.05, 4.69) is 42.0 Å². The number of hydrogen-bond acceptors (Lipinski definition) is 4. The molecule has 1 saturated heterocycles. The first-order valence-electron chi connectivity index (χ1n) is 8.21. The Morgan fingerprint density at radius 1 is 1.18 bits per heavy atom. The van der Waals surface area contributed by atoms with Crippen molar-refractivity contribution in [1.29, 1.82) is 0 Å². The van der Waals surface area contributed by atoms with E-state index in [1.165, 1.54) is 32.4 Å². The van der Waals surface area contributed by atoms with Gasteiger partial charge in [-0.3, -0.25) is 0 Å². The molecule has 1 aromatic heterocycles. The summed E-state index contributed by atoms with van der Waals surface area (Å²) >= 11 is 1.94. The van der Waals surface area contributed by atoms with Gasteiger partial charge in [0.15, 0.2) is 0 Å². The standard InChI is InChI=1S/C18H23N3S/c1-13-11-15-17(22-13)12-14-5-3-4-6-16(14)19-18(15)21-9-7-20(2)8-10-21/h3,5,11H,4,6-10,12H2,1-2H3. The van der Waals surface area contributed by atoms with E-state index in [9.17, 15) is 0 Å². The molecule has 0 unspecified atom stereocenters. The summed E-state index contributed by atoms with van der Waals surface area (Å²) in [5, 5.41) is 0. The minimum atomic E-state index is 1.06. The summed E-state index contributed by atoms with van der Waals surface area (Å²) in [4.78, 5) is 13.0. The predicted molar refractivity (Wildman–Crippen MR) is 93.8 cm³/mol. The molecular formula is C18H23N3S. The Labute approximate surface area is 136 Å². The van der Waals surface area contributed by atoms with E-state index in [1.807, 2.05) is 11.3 Å². The molecule has 2 aliphatic heterocycles. The van der Waals surface area contributed by atoms with Gasteiger partial charge < -0.3 is 9.80 Å². The number of thiophene rings is 1. The van der Waals surface area contributed by atoms with E-state index in [0.717, 1.165) is 45.4 Å². The molecule has 4 rings (SSSR count). The summed E-state index contributed by atoms with van der Waals surface area (Å²) in [5.41, 5.74) is 4.13. The molecule has 1 fully saturated rings. The molecule has 0 aromatic carbocycles. The Kier molecular flexibility index (Phi) is 3.66. The number of hydrogen-bond donors (Lipinski definition) is 0. The topological polar surface area (TPSA) is 18.8 Å². The fourth-order valence-corrected chi connectivity index (χ4v) is 4.55. The van der Waals surface area contributed by atoms with Crippen LogP contribution in [0.4, 0.5) is 0 Å². The third-order valence-electron chi connectivity index (χ3n) is 4.81. The van der Waals surface area contributed by atoms with Crippen molar-refractivity contribution in [3.05, 3.63) is 44.8 Å². The number of amidine groups is 1. The number of piperazine rings is 1. The van der Waals surface area contributed by atoms with Gasteiger partial charge in [0.25, 0.3) is 0 Å². The van der Waals surface area contributed by atoms with Crippen LogP contribution in [0.5, 0.6) is 0 Å². The molecule has 0 bridgehead atoms. The van der Waals surface area contributed by atoms with Crippen LogP contribution in [0.15, 0.2) is 34.5 Å². The smallest absolute Gasteiger partial charge is 0.137 e. The van der Waals surface area contributed by atoms with Crippen LogP contribution in [0.2, 0.25) is 0 Å². The molecular weight excluding hydrogens is 290 g/mol. The molecule has 1 aromatic rings. The van der Waals surface area contributed by atoms with E-state index in [1.54, 1.807) is 0 Å². The van der Waals surface area contributed by atoms with Gasteiger partial charge in [-0.25, -0.2) is 4.99 Å². The summed E-state index contributed by atoms with van der Waals surface area (Å²) in [5.74, 6) is 1.23. The zero-order valence-corrected chi connectivity index (χ0v) is 14.2. The Bertz CT molecular complexity index is 673. The van der Waals surface area contributed by atoms with Crippen LogP contribution < -0.4 is 0 Å². The normalized spacial score (nSPS) is 22.3. The second-order valence-electron chi connectivity index (χ2n) is 6.51. The molecule has 0 amide bonds. The highest BCUT2D eigenvalue weighted by atomic mass is 32.1. The minimum absolute atomic E-state index is 1.06. The molecule has 0 atom stereocenters. The van der Waals surface area contributed by atoms with Gasteiger partial charge in [0.05, 0.1) is 0 Å². The van der Waals surface area contributed by atoms with E-state index < -0.39 is 0 Å². The average Bonchev–Trinajstić information content (AvgIpc) is 2.80. The maximum absolute atomic E-state index is 5.16. The first-order valence-corrected chi connectivity index (χ1v) is 9.03. The number of allylic oxidation sites excluding steroid dienone is 4. The first-order chi connectivity index (χ1) is 10.7. The van der Waals surface area contributed by atoms with Gasteiger partial charge in [0.2, 0.25) is 0 Å². The molecule has 3 heterocycles. The Hall–Kier alpha value is -1.39. The minimum Gasteiger partial charge on any atom is -0.354 e. The number of likely N-dealkylation sites (N-methyl/N-ethyl adjacent to an activating group) is 1. The predicted octanol–water partition coefficient (Wildman–Crippen LogP) is 3.21. The third-order valence-corrected chi connectivity index (χ3v) is 5.86. The SMILES string of the molecule is Cc1cc2c(s1)CC1=C(CCC=C1)N=C2N1CCN(C)CC1. The zero-order chi connectivity index (χ0) is 15.1. The number of aryl methyl sites for hydroxylation is 1. The lowest BCUT2D eigenvalue weighted by atomic mass is 10.0. The van der Waals surface area contributed by atoms with Crippen LogP contribution in [-0.2, 0) is 6.42 Å². The van der Waals surface area contributed by atoms with E-state index >= 15 is 0 Å². The highest BCUT2D eigenvalue weighted by Gasteiger charge is 2.26. The fraction of sp³-hybridized carbons (Fsp3) is 0.500. The van der Waals surface area contributed by atoms with Crippen LogP contribution >= 0.6 is 11.3 Å². The average molecular weight is 313 g/mol. The van der Waals surface area contributed by atoms with Crippen molar-refractivity contribution in [2.24, 2.45) is 4.99 Å². The molecule has 3 nitrogen and oxygen atoms in total. The summed E-state index contributed by atoms with van der Waals surface area (Å²) in [6.45, 7) is 6.64. The highest BCUT2D eigenvalue weighted by Crippen LogP contribution is 2.34. The van der Waals surface area contributed by atoms with Crippen molar-refractivity contribution < 1.29 is 0 Å². The van der Waals surface area contributed by atoms with Crippen molar-refractivity contribution in [3.63, 3.8) is 0 Å². The lowest BCUT2D eigenvalue weighted by Gasteiger charge is -2.34. The zero-order valence-electron chi connectivity index (χ0n) is 13.4. The number of aliphatic imine (C=N–C) groups is 1. The molecule has 1 aliphatic carbocycles. The monoisotopic (exact) mass is 313 g/mol. The van der Waals surface area contributed by atoms with Crippen molar-refractivity contribution in [3.8, 4) is 0 Å². The fourth-order valence-electron chi connectivity index (χ4n) is 3.49. The van der Waals surface area contributed by atoms with Crippen LogP contribution in [-0.4, -0.2) is 48.9 Å². The summed E-state index contributed by atoms with van der Waals surface area (Å²) < 4.78 is 0. The first kappa shape index (κ1) is 14.2. The molecule has 0 spiro atoms. The number of fused-ring (bicyclic) bond motifs is 1. The van der Waals surface area contributed by atoms with E-state index in [4.69, 9.17) is 4.99 Å². The lowest BCUT2D eigenvalue weighted by Crippen LogP contribution is -2.47. The number of nitrogens with zero attached hydrogens (tertiary/aromatic N) is 3. The maximum Gasteiger partial charge on any atom is 0.137 e. The lowest BCUT2D eigenvalue weighted by molar-refractivity contribution is 0.215. The van der Waals surface area contributed by atoms with Gasteiger partial charge in [0, 0.05) is 53.6 Å². The van der Waals surface area contributed by atoms with Gasteiger partial charge >= 0.3 is 0 Å². The number of rotatable bonds is 0. The van der Waals surface area contributed by atoms with E-state index in [-0.39, 0.29) is 0 Å². The van der Waals surface area contributed by atoms with E-state index in [0.29, 0.717) is 0 Å². The van der Waals surface area contributed by atoms with Crippen LogP contribution in [0.3, 0.4) is 0 Å². The van der Waals surface area contributed by atoms with Crippen LogP contribution in [0.25, 0.3) is 0 Å². The molecule has 4 heteroatoms. The second kappa shape index (κ2) is 5.67. The molecule has 116 valence electrons. The quantitative estimate of drug-likeness (QED) is 0.732. The molecule has 0 saturated carbocycles. The maximum atomic E-state index is 5.16. The molecule has 3 aliphatic rings. The van der Waals surface area contributed by atoms with Gasteiger partial charge in [-0.1, -0.05) is 12.2 Å². The largest absolute Gasteiger partial charge is 0.354 e. The summed E-state index contributed by atoms with van der Waals surface area (Å²) in [7, 11) is 2.21.